The lowest BCUT2D eigenvalue weighted by atomic mass is 10.0. The Hall–Kier alpha value is -3.24. The molecule has 178 valence electrons. The van der Waals surface area contributed by atoms with Gasteiger partial charge in [0.1, 0.15) is 6.04 Å². The monoisotopic (exact) mass is 475 g/mol. The number of esters is 1. The highest BCUT2D eigenvalue weighted by atomic mass is 32.2. The molecule has 2 aromatic carbocycles. The molecule has 4 N–H and O–H groups in total. The van der Waals surface area contributed by atoms with Crippen LogP contribution in [0.15, 0.2) is 53.4 Å². The lowest BCUT2D eigenvalue weighted by molar-refractivity contribution is -0.151. The maximum atomic E-state index is 12.4. The fourth-order valence-electron chi connectivity index (χ4n) is 2.90. The van der Waals surface area contributed by atoms with E-state index in [-0.39, 0.29) is 17.4 Å². The number of nitrogens with two attached hydrogens (primary N) is 1. The molecule has 0 saturated heterocycles. The summed E-state index contributed by atoms with van der Waals surface area (Å²) in [6.07, 6.45) is 0.450. The van der Waals surface area contributed by atoms with Crippen LogP contribution >= 0.6 is 0 Å². The Morgan fingerprint density at radius 2 is 1.61 bits per heavy atom. The summed E-state index contributed by atoms with van der Waals surface area (Å²) in [4.78, 5) is 36.9. The van der Waals surface area contributed by atoms with E-state index in [1.165, 1.54) is 12.1 Å². The molecule has 0 spiro atoms. The van der Waals surface area contributed by atoms with Crippen LogP contribution in [0.25, 0.3) is 0 Å². The number of sulfonamides is 1. The molecule has 2 rings (SSSR count). The third-order valence-electron chi connectivity index (χ3n) is 4.85. The highest BCUT2D eigenvalue weighted by Crippen LogP contribution is 2.10. The van der Waals surface area contributed by atoms with E-state index in [1.54, 1.807) is 50.2 Å². The minimum absolute atomic E-state index is 0.0105. The van der Waals surface area contributed by atoms with Crippen molar-refractivity contribution in [2.24, 2.45) is 11.1 Å². The molecule has 33 heavy (non-hydrogen) atoms. The first-order valence-electron chi connectivity index (χ1n) is 10.4. The molecule has 10 heteroatoms. The molecule has 0 saturated carbocycles. The molecule has 2 amide bonds. The van der Waals surface area contributed by atoms with Gasteiger partial charge in [-0.1, -0.05) is 43.7 Å². The molecule has 0 aliphatic rings. The van der Waals surface area contributed by atoms with Crippen molar-refractivity contribution < 1.29 is 27.5 Å². The van der Waals surface area contributed by atoms with E-state index in [0.29, 0.717) is 12.0 Å². The van der Waals surface area contributed by atoms with Gasteiger partial charge in [-0.15, -0.1) is 0 Å². The average Bonchev–Trinajstić information content (AvgIpc) is 2.75. The van der Waals surface area contributed by atoms with Crippen LogP contribution < -0.4 is 15.8 Å². The zero-order chi connectivity index (χ0) is 24.6. The van der Waals surface area contributed by atoms with E-state index < -0.39 is 40.5 Å². The molecule has 0 aliphatic heterocycles. The molecule has 0 aliphatic carbocycles. The molecule has 2 aromatic rings. The zero-order valence-electron chi connectivity index (χ0n) is 18.8. The zero-order valence-corrected chi connectivity index (χ0v) is 19.6. The Morgan fingerprint density at radius 1 is 1.00 bits per heavy atom. The summed E-state index contributed by atoms with van der Waals surface area (Å²) in [5.41, 5.74) is 2.24. The summed E-state index contributed by atoms with van der Waals surface area (Å²) in [6, 6.07) is 12.0. The van der Waals surface area contributed by atoms with Crippen molar-refractivity contribution in [1.29, 1.82) is 0 Å². The lowest BCUT2D eigenvalue weighted by Crippen LogP contribution is -2.46. The number of benzene rings is 2. The molecule has 0 bridgehead atoms. The van der Waals surface area contributed by atoms with Gasteiger partial charge in [-0.25, -0.2) is 18.4 Å². The Morgan fingerprint density at radius 3 is 2.15 bits per heavy atom. The van der Waals surface area contributed by atoms with Crippen LogP contribution in [0.3, 0.4) is 0 Å². The van der Waals surface area contributed by atoms with Gasteiger partial charge < -0.3 is 15.4 Å². The largest absolute Gasteiger partial charge is 0.454 e. The minimum atomic E-state index is -3.75. The number of ether oxygens (including phenoxy) is 1. The molecule has 0 fully saturated rings. The quantitative estimate of drug-likeness (QED) is 0.442. The van der Waals surface area contributed by atoms with Crippen molar-refractivity contribution in [1.82, 2.24) is 10.6 Å². The summed E-state index contributed by atoms with van der Waals surface area (Å²) in [5, 5.41) is 10.3. The number of carbonyl (C=O) groups excluding carboxylic acids is 3. The van der Waals surface area contributed by atoms with E-state index in [9.17, 15) is 22.8 Å². The van der Waals surface area contributed by atoms with E-state index in [1.807, 2.05) is 6.92 Å². The Labute approximate surface area is 193 Å². The molecule has 0 heterocycles. The number of hydrogen-bond acceptors (Lipinski definition) is 6. The normalized spacial score (nSPS) is 12.2. The van der Waals surface area contributed by atoms with Gasteiger partial charge in [-0.3, -0.25) is 9.59 Å². The van der Waals surface area contributed by atoms with Gasteiger partial charge in [0.05, 0.1) is 4.90 Å². The maximum Gasteiger partial charge on any atom is 0.329 e. The topological polar surface area (TPSA) is 145 Å². The molecule has 0 aromatic heterocycles. The van der Waals surface area contributed by atoms with Crippen molar-refractivity contribution >= 4 is 27.8 Å². The molecule has 9 nitrogen and oxygen atoms in total. The Balaban J connectivity index is 1.80. The number of rotatable bonds is 10. The van der Waals surface area contributed by atoms with Gasteiger partial charge in [-0.2, -0.15) is 0 Å². The van der Waals surface area contributed by atoms with Crippen LogP contribution in [0, 0.1) is 12.8 Å². The first-order valence-corrected chi connectivity index (χ1v) is 11.9. The molecule has 1 atom stereocenters. The molecular formula is C23H29N3O6S. The van der Waals surface area contributed by atoms with Crippen molar-refractivity contribution in [3.8, 4) is 0 Å². The van der Waals surface area contributed by atoms with Crippen LogP contribution in [0.1, 0.15) is 35.3 Å². The Bertz CT molecular complexity index is 1080. The van der Waals surface area contributed by atoms with Crippen LogP contribution in [-0.2, 0) is 30.8 Å². The fraction of sp³-hybridized carbons (Fsp3) is 0.348. The summed E-state index contributed by atoms with van der Waals surface area (Å²) in [5.74, 6) is -1.82. The van der Waals surface area contributed by atoms with E-state index in [0.717, 1.165) is 11.1 Å². The number of hydrogen-bond donors (Lipinski definition) is 3. The van der Waals surface area contributed by atoms with Gasteiger partial charge in [0, 0.05) is 12.1 Å². The number of aryl methyl sites for hydroxylation is 1. The Kier molecular flexibility index (Phi) is 9.12. The lowest BCUT2D eigenvalue weighted by Gasteiger charge is -2.21. The van der Waals surface area contributed by atoms with Gasteiger partial charge in [0.15, 0.2) is 6.61 Å². The van der Waals surface area contributed by atoms with Gasteiger partial charge in [-0.05, 0) is 49.1 Å². The second kappa shape index (κ2) is 11.6. The van der Waals surface area contributed by atoms with Crippen molar-refractivity contribution in [2.45, 2.75) is 38.1 Å². The van der Waals surface area contributed by atoms with Crippen molar-refractivity contribution in [3.05, 3.63) is 65.2 Å². The summed E-state index contributed by atoms with van der Waals surface area (Å²) in [7, 11) is -3.75. The third kappa shape index (κ3) is 8.32. The minimum Gasteiger partial charge on any atom is -0.454 e. The second-order valence-corrected chi connectivity index (χ2v) is 9.52. The predicted molar refractivity (Wildman–Crippen MR) is 123 cm³/mol. The molecule has 1 unspecified atom stereocenters. The number of nitrogens with one attached hydrogen (secondary N) is 2. The highest BCUT2D eigenvalue weighted by molar-refractivity contribution is 7.89. The second-order valence-electron chi connectivity index (χ2n) is 7.96. The van der Waals surface area contributed by atoms with Crippen molar-refractivity contribution in [2.75, 3.05) is 13.2 Å². The van der Waals surface area contributed by atoms with E-state index in [2.05, 4.69) is 10.6 Å². The predicted octanol–water partition coefficient (Wildman–Crippen LogP) is 1.30. The first kappa shape index (κ1) is 26.0. The van der Waals surface area contributed by atoms with Crippen LogP contribution in [0.4, 0.5) is 0 Å². The molecular weight excluding hydrogens is 446 g/mol. The number of amides is 2. The van der Waals surface area contributed by atoms with Crippen LogP contribution in [0.5, 0.6) is 0 Å². The van der Waals surface area contributed by atoms with Crippen LogP contribution in [0.2, 0.25) is 0 Å². The van der Waals surface area contributed by atoms with E-state index in [4.69, 9.17) is 9.88 Å². The SMILES string of the molecule is Cc1ccc(C(=O)NC(C(=O)OCC(=O)NCCc2ccc(S(N)(=O)=O)cc2)C(C)C)cc1. The molecule has 0 radical (unpaired) electrons. The van der Waals surface area contributed by atoms with Gasteiger partial charge in [0.25, 0.3) is 11.8 Å². The van der Waals surface area contributed by atoms with Gasteiger partial charge >= 0.3 is 5.97 Å². The third-order valence-corrected chi connectivity index (χ3v) is 5.78. The standard InChI is InChI=1S/C23H29N3O6S/c1-15(2)21(26-22(28)18-8-4-16(3)5-9-18)23(29)32-14-20(27)25-13-12-17-6-10-19(11-7-17)33(24,30)31/h4-11,15,21H,12-14H2,1-3H3,(H,25,27)(H,26,28)(H2,24,30,31). The summed E-state index contributed by atoms with van der Waals surface area (Å²) >= 11 is 0. The average molecular weight is 476 g/mol. The fourth-order valence-corrected chi connectivity index (χ4v) is 3.41. The van der Waals surface area contributed by atoms with E-state index >= 15 is 0 Å². The van der Waals surface area contributed by atoms with Gasteiger partial charge in [0.2, 0.25) is 10.0 Å². The highest BCUT2D eigenvalue weighted by Gasteiger charge is 2.26. The smallest absolute Gasteiger partial charge is 0.329 e. The first-order chi connectivity index (χ1) is 15.5. The van der Waals surface area contributed by atoms with Crippen LogP contribution in [-0.4, -0.2) is 45.4 Å². The number of primary sulfonamides is 1. The number of carbonyl (C=O) groups is 3. The maximum absolute atomic E-state index is 12.4. The summed E-state index contributed by atoms with van der Waals surface area (Å²) < 4.78 is 27.6. The van der Waals surface area contributed by atoms with Crippen molar-refractivity contribution in [3.63, 3.8) is 0 Å². The summed E-state index contributed by atoms with van der Waals surface area (Å²) in [6.45, 7) is 5.23.